The van der Waals surface area contributed by atoms with Crippen LogP contribution >= 0.6 is 0 Å². The standard InChI is InChI=1S/C26H30FN5O2S/c1-4-32-25-13-12-23(35(33,34)30(2)3)17-24(25)29-26(32)19-31(16-14-22-7-5-6-15-28-22)18-20-8-10-21(27)11-9-20/h5-13,15,17H,4,14,16,18-19H2,1-3H3. The number of hydrogen-bond donors (Lipinski definition) is 0. The number of sulfonamides is 1. The van der Waals surface area contributed by atoms with Crippen molar-refractivity contribution in [2.75, 3.05) is 20.6 Å². The zero-order valence-corrected chi connectivity index (χ0v) is 21.0. The summed E-state index contributed by atoms with van der Waals surface area (Å²) < 4.78 is 42.0. The van der Waals surface area contributed by atoms with Crippen LogP contribution in [0.3, 0.4) is 0 Å². The lowest BCUT2D eigenvalue weighted by molar-refractivity contribution is 0.249. The lowest BCUT2D eigenvalue weighted by Crippen LogP contribution is -2.27. The van der Waals surface area contributed by atoms with Crippen LogP contribution in [0.25, 0.3) is 11.0 Å². The summed E-state index contributed by atoms with van der Waals surface area (Å²) in [4.78, 5) is 11.7. The first-order valence-electron chi connectivity index (χ1n) is 11.6. The molecule has 9 heteroatoms. The van der Waals surface area contributed by atoms with Gasteiger partial charge in [0.25, 0.3) is 0 Å². The van der Waals surface area contributed by atoms with E-state index in [9.17, 15) is 12.8 Å². The summed E-state index contributed by atoms with van der Waals surface area (Å²) in [5.41, 5.74) is 3.55. The number of benzene rings is 2. The molecule has 7 nitrogen and oxygen atoms in total. The number of fused-ring (bicyclic) bond motifs is 1. The highest BCUT2D eigenvalue weighted by Gasteiger charge is 2.20. The zero-order chi connectivity index (χ0) is 25.0. The van der Waals surface area contributed by atoms with Gasteiger partial charge >= 0.3 is 0 Å². The molecule has 0 aliphatic carbocycles. The van der Waals surface area contributed by atoms with E-state index >= 15 is 0 Å². The fraction of sp³-hybridized carbons (Fsp3) is 0.308. The van der Waals surface area contributed by atoms with Crippen molar-refractivity contribution in [3.05, 3.63) is 89.8 Å². The van der Waals surface area contributed by atoms with Gasteiger partial charge in [0.1, 0.15) is 11.6 Å². The normalized spacial score (nSPS) is 12.2. The number of aryl methyl sites for hydroxylation is 1. The Balaban J connectivity index is 1.65. The molecule has 184 valence electrons. The van der Waals surface area contributed by atoms with E-state index in [-0.39, 0.29) is 10.7 Å². The highest BCUT2D eigenvalue weighted by molar-refractivity contribution is 7.89. The van der Waals surface area contributed by atoms with Gasteiger partial charge in [-0.3, -0.25) is 9.88 Å². The van der Waals surface area contributed by atoms with Crippen LogP contribution in [0, 0.1) is 5.82 Å². The van der Waals surface area contributed by atoms with E-state index in [0.717, 1.165) is 35.6 Å². The van der Waals surface area contributed by atoms with Gasteiger partial charge in [0.05, 0.1) is 22.5 Å². The Labute approximate surface area is 205 Å². The molecule has 0 spiro atoms. The van der Waals surface area contributed by atoms with Gasteiger partial charge in [0, 0.05) is 52.0 Å². The van der Waals surface area contributed by atoms with E-state index in [4.69, 9.17) is 4.98 Å². The quantitative estimate of drug-likeness (QED) is 0.332. The van der Waals surface area contributed by atoms with E-state index < -0.39 is 10.0 Å². The van der Waals surface area contributed by atoms with Gasteiger partial charge in [-0.2, -0.15) is 0 Å². The van der Waals surface area contributed by atoms with E-state index in [1.54, 1.807) is 30.5 Å². The number of imidazole rings is 1. The molecule has 2 aromatic heterocycles. The van der Waals surface area contributed by atoms with Crippen molar-refractivity contribution >= 4 is 21.1 Å². The molecule has 0 atom stereocenters. The third-order valence-electron chi connectivity index (χ3n) is 5.99. The average Bonchev–Trinajstić information content (AvgIpc) is 3.20. The van der Waals surface area contributed by atoms with Gasteiger partial charge in [0.15, 0.2) is 0 Å². The molecule has 0 radical (unpaired) electrons. The molecule has 0 aliphatic heterocycles. The van der Waals surface area contributed by atoms with Crippen LogP contribution in [0.15, 0.2) is 71.8 Å². The molecule has 0 fully saturated rings. The predicted octanol–water partition coefficient (Wildman–Crippen LogP) is 4.09. The van der Waals surface area contributed by atoms with Gasteiger partial charge in [-0.15, -0.1) is 0 Å². The lowest BCUT2D eigenvalue weighted by Gasteiger charge is -2.22. The number of rotatable bonds is 10. The third-order valence-corrected chi connectivity index (χ3v) is 7.80. The van der Waals surface area contributed by atoms with Gasteiger partial charge in [0.2, 0.25) is 10.0 Å². The largest absolute Gasteiger partial charge is 0.327 e. The van der Waals surface area contributed by atoms with Crippen molar-refractivity contribution in [1.29, 1.82) is 0 Å². The molecule has 35 heavy (non-hydrogen) atoms. The van der Waals surface area contributed by atoms with Crippen LogP contribution in [0.2, 0.25) is 0 Å². The molecule has 0 saturated heterocycles. The molecule has 0 bridgehead atoms. The van der Waals surface area contributed by atoms with Crippen LogP contribution in [0.1, 0.15) is 24.0 Å². The number of nitrogens with zero attached hydrogens (tertiary/aromatic N) is 5. The number of halogens is 1. The second-order valence-corrected chi connectivity index (χ2v) is 10.8. The maximum Gasteiger partial charge on any atom is 0.242 e. The molecular weight excluding hydrogens is 465 g/mol. The van der Waals surface area contributed by atoms with Gasteiger partial charge in [-0.05, 0) is 55.0 Å². The van der Waals surface area contributed by atoms with Crippen LogP contribution in [-0.2, 0) is 36.1 Å². The SMILES string of the molecule is CCn1c(CN(CCc2ccccn2)Cc2ccc(F)cc2)nc2cc(S(=O)(=O)N(C)C)ccc21. The van der Waals surface area contributed by atoms with Crippen molar-refractivity contribution < 1.29 is 12.8 Å². The Hall–Kier alpha value is -3.14. The predicted molar refractivity (Wildman–Crippen MR) is 135 cm³/mol. The van der Waals surface area contributed by atoms with Crippen molar-refractivity contribution in [2.45, 2.75) is 37.9 Å². The molecule has 0 N–H and O–H groups in total. The second-order valence-electron chi connectivity index (χ2n) is 8.62. The Kier molecular flexibility index (Phi) is 7.59. The minimum Gasteiger partial charge on any atom is -0.327 e. The summed E-state index contributed by atoms with van der Waals surface area (Å²) in [6, 6.07) is 17.5. The van der Waals surface area contributed by atoms with Crippen LogP contribution in [0.4, 0.5) is 4.39 Å². The van der Waals surface area contributed by atoms with Gasteiger partial charge < -0.3 is 4.57 Å². The second kappa shape index (κ2) is 10.6. The molecule has 0 unspecified atom stereocenters. The molecule has 4 rings (SSSR count). The summed E-state index contributed by atoms with van der Waals surface area (Å²) in [5, 5.41) is 0. The molecule has 2 aromatic carbocycles. The summed E-state index contributed by atoms with van der Waals surface area (Å²) in [6.07, 6.45) is 2.55. The molecule has 0 amide bonds. The summed E-state index contributed by atoms with van der Waals surface area (Å²) in [6.45, 7) is 4.67. The Morgan fingerprint density at radius 3 is 2.43 bits per heavy atom. The summed E-state index contributed by atoms with van der Waals surface area (Å²) in [5.74, 6) is 0.593. The lowest BCUT2D eigenvalue weighted by atomic mass is 10.2. The molecule has 2 heterocycles. The zero-order valence-electron chi connectivity index (χ0n) is 20.2. The van der Waals surface area contributed by atoms with Crippen LogP contribution in [-0.4, -0.2) is 52.8 Å². The number of pyridine rings is 1. The van der Waals surface area contributed by atoms with Gasteiger partial charge in [-0.1, -0.05) is 18.2 Å². The maximum atomic E-state index is 13.4. The average molecular weight is 496 g/mol. The highest BCUT2D eigenvalue weighted by Crippen LogP contribution is 2.23. The minimum atomic E-state index is -3.55. The van der Waals surface area contributed by atoms with Crippen LogP contribution in [0.5, 0.6) is 0 Å². The van der Waals surface area contributed by atoms with E-state index in [2.05, 4.69) is 14.5 Å². The smallest absolute Gasteiger partial charge is 0.242 e. The molecule has 0 saturated carbocycles. The van der Waals surface area contributed by atoms with Crippen molar-refractivity contribution in [2.24, 2.45) is 0 Å². The minimum absolute atomic E-state index is 0.223. The fourth-order valence-electron chi connectivity index (χ4n) is 4.09. The molecular formula is C26H30FN5O2S. The van der Waals surface area contributed by atoms with E-state index in [0.29, 0.717) is 25.2 Å². The third kappa shape index (κ3) is 5.75. The Morgan fingerprint density at radius 2 is 1.77 bits per heavy atom. The first-order valence-corrected chi connectivity index (χ1v) is 13.0. The summed E-state index contributed by atoms with van der Waals surface area (Å²) in [7, 11) is -0.512. The first kappa shape index (κ1) is 25.0. The van der Waals surface area contributed by atoms with E-state index in [1.165, 1.54) is 30.5 Å². The van der Waals surface area contributed by atoms with E-state index in [1.807, 2.05) is 31.2 Å². The highest BCUT2D eigenvalue weighted by atomic mass is 32.2. The monoisotopic (exact) mass is 495 g/mol. The Bertz CT molecular complexity index is 1390. The van der Waals surface area contributed by atoms with Crippen molar-refractivity contribution in [3.8, 4) is 0 Å². The summed E-state index contributed by atoms with van der Waals surface area (Å²) >= 11 is 0. The van der Waals surface area contributed by atoms with Gasteiger partial charge in [-0.25, -0.2) is 22.1 Å². The first-order chi connectivity index (χ1) is 16.8. The van der Waals surface area contributed by atoms with Crippen molar-refractivity contribution in [3.63, 3.8) is 0 Å². The van der Waals surface area contributed by atoms with Crippen molar-refractivity contribution in [1.82, 2.24) is 23.7 Å². The Morgan fingerprint density at radius 1 is 1.00 bits per heavy atom. The number of hydrogen-bond acceptors (Lipinski definition) is 5. The van der Waals surface area contributed by atoms with Crippen LogP contribution < -0.4 is 0 Å². The maximum absolute atomic E-state index is 13.4. The molecule has 4 aromatic rings. The topological polar surface area (TPSA) is 71.3 Å². The fourth-order valence-corrected chi connectivity index (χ4v) is 5.01. The molecule has 0 aliphatic rings. The number of aromatic nitrogens is 3.